The van der Waals surface area contributed by atoms with Crippen LogP contribution in [0.3, 0.4) is 0 Å². The van der Waals surface area contributed by atoms with Gasteiger partial charge >= 0.3 is 5.97 Å². The average molecular weight is 391 g/mol. The van der Waals surface area contributed by atoms with E-state index in [0.717, 1.165) is 23.7 Å². The summed E-state index contributed by atoms with van der Waals surface area (Å²) in [6.45, 7) is 5.48. The number of benzene rings is 2. The summed E-state index contributed by atoms with van der Waals surface area (Å²) in [6, 6.07) is 16.0. The third kappa shape index (κ3) is 6.10. The van der Waals surface area contributed by atoms with Gasteiger partial charge in [0.15, 0.2) is 0 Å². The van der Waals surface area contributed by atoms with Crippen LogP contribution in [-0.4, -0.2) is 11.6 Å². The molecule has 0 spiro atoms. The quantitative estimate of drug-likeness (QED) is 0.481. The Balaban J connectivity index is 1.90. The van der Waals surface area contributed by atoms with Crippen molar-refractivity contribution in [2.24, 2.45) is 0 Å². The first-order valence-electron chi connectivity index (χ1n) is 8.07. The zero-order valence-electron chi connectivity index (χ0n) is 14.3. The first-order chi connectivity index (χ1) is 11.3. The highest BCUT2D eigenvalue weighted by Gasteiger charge is 2.17. The highest BCUT2D eigenvalue weighted by molar-refractivity contribution is 9.10. The van der Waals surface area contributed by atoms with Crippen molar-refractivity contribution in [2.45, 2.75) is 45.6 Å². The van der Waals surface area contributed by atoms with Gasteiger partial charge in [-0.2, -0.15) is 4.89 Å². The van der Waals surface area contributed by atoms with Crippen molar-refractivity contribution in [3.8, 4) is 0 Å². The summed E-state index contributed by atoms with van der Waals surface area (Å²) in [5, 5.41) is 0. The van der Waals surface area contributed by atoms with Crippen LogP contribution >= 0.6 is 15.9 Å². The first-order valence-corrected chi connectivity index (χ1v) is 8.87. The van der Waals surface area contributed by atoms with E-state index < -0.39 is 11.6 Å². The molecule has 0 radical (unpaired) electrons. The van der Waals surface area contributed by atoms with Crippen molar-refractivity contribution >= 4 is 21.9 Å². The minimum absolute atomic E-state index is 0.470. The summed E-state index contributed by atoms with van der Waals surface area (Å²) in [7, 11) is 0. The third-order valence-electron chi connectivity index (χ3n) is 3.41. The van der Waals surface area contributed by atoms with Gasteiger partial charge in [0.2, 0.25) is 0 Å². The van der Waals surface area contributed by atoms with Crippen LogP contribution in [0.4, 0.5) is 0 Å². The molecule has 0 heterocycles. The Bertz CT molecular complexity index is 675. The number of halogens is 1. The second-order valence-corrected chi connectivity index (χ2v) is 7.57. The van der Waals surface area contributed by atoms with Crippen LogP contribution < -0.4 is 0 Å². The van der Waals surface area contributed by atoms with Gasteiger partial charge in [0.05, 0.1) is 5.56 Å². The molecular formula is C20H23BrO3. The van der Waals surface area contributed by atoms with Crippen LogP contribution in [0.1, 0.15) is 48.7 Å². The Morgan fingerprint density at radius 1 is 1.04 bits per heavy atom. The first kappa shape index (κ1) is 18.7. The molecule has 24 heavy (non-hydrogen) atoms. The summed E-state index contributed by atoms with van der Waals surface area (Å²) < 4.78 is 0.917. The van der Waals surface area contributed by atoms with E-state index >= 15 is 0 Å². The SMILES string of the molecule is CC(C)(C)OOC(=O)c1ccc(CCCc2ccccc2)c(Br)c1. The monoisotopic (exact) mass is 390 g/mol. The lowest BCUT2D eigenvalue weighted by atomic mass is 10.0. The molecule has 2 rings (SSSR count). The Kier molecular flexibility index (Phi) is 6.58. The number of hydrogen-bond acceptors (Lipinski definition) is 3. The predicted octanol–water partition coefficient (Wildman–Crippen LogP) is 5.51. The zero-order chi connectivity index (χ0) is 17.6. The second kappa shape index (κ2) is 8.45. The maximum absolute atomic E-state index is 12.0. The third-order valence-corrected chi connectivity index (χ3v) is 4.15. The van der Waals surface area contributed by atoms with Crippen molar-refractivity contribution in [2.75, 3.05) is 0 Å². The van der Waals surface area contributed by atoms with E-state index in [1.165, 1.54) is 11.1 Å². The van der Waals surface area contributed by atoms with Crippen LogP contribution in [0.15, 0.2) is 53.0 Å². The zero-order valence-corrected chi connectivity index (χ0v) is 15.9. The Morgan fingerprint density at radius 3 is 2.38 bits per heavy atom. The molecule has 0 aliphatic carbocycles. The number of carbonyl (C=O) groups is 1. The molecule has 0 bridgehead atoms. The summed E-state index contributed by atoms with van der Waals surface area (Å²) in [4.78, 5) is 21.9. The lowest BCUT2D eigenvalue weighted by molar-refractivity contribution is -0.301. The smallest absolute Gasteiger partial charge is 0.292 e. The number of carbonyl (C=O) groups excluding carboxylic acids is 1. The van der Waals surface area contributed by atoms with Crippen molar-refractivity contribution in [1.29, 1.82) is 0 Å². The molecule has 3 nitrogen and oxygen atoms in total. The lowest BCUT2D eigenvalue weighted by Gasteiger charge is -2.16. The van der Waals surface area contributed by atoms with Gasteiger partial charge in [0.1, 0.15) is 5.60 Å². The molecule has 0 atom stereocenters. The Labute approximate surface area is 152 Å². The largest absolute Gasteiger partial charge is 0.373 e. The molecule has 0 N–H and O–H groups in total. The minimum Gasteiger partial charge on any atom is -0.292 e. The van der Waals surface area contributed by atoms with E-state index in [0.29, 0.717) is 5.56 Å². The van der Waals surface area contributed by atoms with Crippen LogP contribution in [0.5, 0.6) is 0 Å². The maximum atomic E-state index is 12.0. The molecular weight excluding hydrogens is 368 g/mol. The van der Waals surface area contributed by atoms with E-state index in [1.54, 1.807) is 12.1 Å². The van der Waals surface area contributed by atoms with Gasteiger partial charge in [-0.3, -0.25) is 4.89 Å². The Morgan fingerprint density at radius 2 is 1.75 bits per heavy atom. The van der Waals surface area contributed by atoms with Gasteiger partial charge in [-0.15, -0.1) is 0 Å². The fourth-order valence-corrected chi connectivity index (χ4v) is 2.79. The van der Waals surface area contributed by atoms with E-state index in [2.05, 4.69) is 40.2 Å². The van der Waals surface area contributed by atoms with Crippen LogP contribution in [0, 0.1) is 0 Å². The van der Waals surface area contributed by atoms with Crippen molar-refractivity contribution < 1.29 is 14.6 Å². The fraction of sp³-hybridized carbons (Fsp3) is 0.350. The summed E-state index contributed by atoms with van der Waals surface area (Å²) >= 11 is 3.54. The van der Waals surface area contributed by atoms with Gasteiger partial charge in [0.25, 0.3) is 0 Å². The molecule has 0 amide bonds. The van der Waals surface area contributed by atoms with Gasteiger partial charge in [-0.1, -0.05) is 52.3 Å². The van der Waals surface area contributed by atoms with E-state index in [4.69, 9.17) is 9.78 Å². The molecule has 0 aliphatic heterocycles. The fourth-order valence-electron chi connectivity index (χ4n) is 2.22. The van der Waals surface area contributed by atoms with E-state index in [9.17, 15) is 4.79 Å². The molecule has 128 valence electrons. The van der Waals surface area contributed by atoms with Crippen molar-refractivity contribution in [3.63, 3.8) is 0 Å². The van der Waals surface area contributed by atoms with Gasteiger partial charge < -0.3 is 0 Å². The van der Waals surface area contributed by atoms with Crippen LogP contribution in [0.2, 0.25) is 0 Å². The predicted molar refractivity (Wildman–Crippen MR) is 98.9 cm³/mol. The minimum atomic E-state index is -0.524. The van der Waals surface area contributed by atoms with Crippen molar-refractivity contribution in [1.82, 2.24) is 0 Å². The standard InChI is InChI=1S/C20H23BrO3/c1-20(2,3)24-23-19(22)17-13-12-16(18(21)14-17)11-7-10-15-8-5-4-6-9-15/h4-6,8-9,12-14H,7,10-11H2,1-3H3. The maximum Gasteiger partial charge on any atom is 0.373 e. The van der Waals surface area contributed by atoms with Crippen LogP contribution in [-0.2, 0) is 22.6 Å². The summed E-state index contributed by atoms with van der Waals surface area (Å²) in [5.74, 6) is -0.485. The average Bonchev–Trinajstić information content (AvgIpc) is 2.54. The van der Waals surface area contributed by atoms with E-state index in [-0.39, 0.29) is 0 Å². The summed E-state index contributed by atoms with van der Waals surface area (Å²) in [5.41, 5.74) is 2.47. The molecule has 0 aliphatic rings. The normalized spacial score (nSPS) is 11.3. The molecule has 0 unspecified atom stereocenters. The molecule has 0 fully saturated rings. The Hall–Kier alpha value is -1.65. The number of rotatable bonds is 6. The van der Waals surface area contributed by atoms with E-state index in [1.807, 2.05) is 32.9 Å². The lowest BCUT2D eigenvalue weighted by Crippen LogP contribution is -2.22. The highest BCUT2D eigenvalue weighted by Crippen LogP contribution is 2.22. The second-order valence-electron chi connectivity index (χ2n) is 6.71. The molecule has 0 aromatic heterocycles. The molecule has 2 aromatic carbocycles. The molecule has 4 heteroatoms. The van der Waals surface area contributed by atoms with Crippen LogP contribution in [0.25, 0.3) is 0 Å². The molecule has 0 saturated carbocycles. The summed E-state index contributed by atoms with van der Waals surface area (Å²) in [6.07, 6.45) is 3.04. The van der Waals surface area contributed by atoms with Gasteiger partial charge in [-0.25, -0.2) is 4.79 Å². The molecule has 0 saturated heterocycles. The van der Waals surface area contributed by atoms with Crippen molar-refractivity contribution in [3.05, 3.63) is 69.7 Å². The number of aryl methyl sites for hydroxylation is 2. The topological polar surface area (TPSA) is 35.5 Å². The van der Waals surface area contributed by atoms with Gasteiger partial charge in [0, 0.05) is 4.47 Å². The number of hydrogen-bond donors (Lipinski definition) is 0. The van der Waals surface area contributed by atoms with Gasteiger partial charge in [-0.05, 0) is 63.3 Å². The molecule has 2 aromatic rings. The highest BCUT2D eigenvalue weighted by atomic mass is 79.9.